The zero-order valence-corrected chi connectivity index (χ0v) is 27.7. The zero-order chi connectivity index (χ0) is 31.8. The number of rotatable bonds is 6. The maximum atomic E-state index is 14.0. The summed E-state index contributed by atoms with van der Waals surface area (Å²) in [6.07, 6.45) is 3.56. The smallest absolute Gasteiger partial charge is 0.410 e. The first-order chi connectivity index (χ1) is 22.3. The van der Waals surface area contributed by atoms with Gasteiger partial charge in [0.25, 0.3) is 5.91 Å². The van der Waals surface area contributed by atoms with Crippen LogP contribution in [-0.4, -0.2) is 130 Å². The number of fused-ring (bicyclic) bond motifs is 2. The molecule has 0 radical (unpaired) electrons. The number of likely N-dealkylation sites (tertiary alicyclic amines) is 2. The summed E-state index contributed by atoms with van der Waals surface area (Å²) in [7, 11) is 2.16. The van der Waals surface area contributed by atoms with E-state index in [-0.39, 0.29) is 24.4 Å². The molecule has 0 unspecified atom stereocenters. The molecule has 0 spiro atoms. The van der Waals surface area contributed by atoms with Crippen LogP contribution in [0.5, 0.6) is 0 Å². The van der Waals surface area contributed by atoms with Crippen LogP contribution in [0.3, 0.4) is 0 Å². The molecule has 1 aromatic carbocycles. The summed E-state index contributed by atoms with van der Waals surface area (Å²) in [5, 5.41) is 13.3. The van der Waals surface area contributed by atoms with E-state index in [0.29, 0.717) is 56.6 Å². The number of halogens is 1. The highest BCUT2D eigenvalue weighted by molar-refractivity contribution is 7.10. The van der Waals surface area contributed by atoms with E-state index in [2.05, 4.69) is 32.4 Å². The lowest BCUT2D eigenvalue weighted by molar-refractivity contribution is -0.142. The lowest BCUT2D eigenvalue weighted by atomic mass is 10.00. The quantitative estimate of drug-likeness (QED) is 0.407. The maximum absolute atomic E-state index is 14.0. The highest BCUT2D eigenvalue weighted by atomic mass is 35.5. The topological polar surface area (TPSA) is 117 Å². The first-order valence-electron chi connectivity index (χ1n) is 16.2. The van der Waals surface area contributed by atoms with E-state index in [1.165, 1.54) is 0 Å². The van der Waals surface area contributed by atoms with Crippen molar-refractivity contribution in [2.24, 2.45) is 0 Å². The number of piperidine rings is 2. The van der Waals surface area contributed by atoms with Gasteiger partial charge in [-0.25, -0.2) is 9.59 Å². The van der Waals surface area contributed by atoms with Crippen molar-refractivity contribution in [3.8, 4) is 0 Å². The van der Waals surface area contributed by atoms with Crippen LogP contribution in [0.2, 0.25) is 5.02 Å². The van der Waals surface area contributed by atoms with Crippen molar-refractivity contribution in [1.82, 2.24) is 34.7 Å². The molecule has 2 N–H and O–H groups in total. The van der Waals surface area contributed by atoms with Gasteiger partial charge in [0.05, 0.1) is 29.0 Å². The molecule has 0 aliphatic carbocycles. The zero-order valence-electron chi connectivity index (χ0n) is 26.1. The molecule has 3 aromatic rings. The summed E-state index contributed by atoms with van der Waals surface area (Å²) < 4.78 is 6.06. The van der Waals surface area contributed by atoms with Crippen LogP contribution in [0.1, 0.15) is 36.1 Å². The van der Waals surface area contributed by atoms with E-state index in [1.54, 1.807) is 22.4 Å². The van der Waals surface area contributed by atoms with E-state index in [0.717, 1.165) is 66.1 Å². The molecule has 12 nitrogen and oxygen atoms in total. The van der Waals surface area contributed by atoms with E-state index in [4.69, 9.17) is 16.3 Å². The number of hydrogen-bond donors (Lipinski definition) is 2. The van der Waals surface area contributed by atoms with Gasteiger partial charge in [-0.2, -0.15) is 5.10 Å². The number of amides is 4. The van der Waals surface area contributed by atoms with Crippen molar-refractivity contribution < 1.29 is 19.1 Å². The minimum absolute atomic E-state index is 0.0298. The van der Waals surface area contributed by atoms with Gasteiger partial charge in [0.1, 0.15) is 0 Å². The summed E-state index contributed by atoms with van der Waals surface area (Å²) in [5.74, 6) is -0.166. The Morgan fingerprint density at radius 2 is 1.74 bits per heavy atom. The van der Waals surface area contributed by atoms with Gasteiger partial charge in [-0.1, -0.05) is 11.6 Å². The summed E-state index contributed by atoms with van der Waals surface area (Å²) in [6, 6.07) is 6.08. The fourth-order valence-corrected chi connectivity index (χ4v) is 8.38. The minimum Gasteiger partial charge on any atom is -0.436 e. The normalized spacial score (nSPS) is 21.3. The number of nitrogens with zero attached hydrogens (tertiary/aromatic N) is 6. The molecule has 246 valence electrons. The Balaban J connectivity index is 1.00. The van der Waals surface area contributed by atoms with Crippen LogP contribution in [-0.2, 0) is 22.5 Å². The monoisotopic (exact) mass is 668 g/mol. The summed E-state index contributed by atoms with van der Waals surface area (Å²) in [4.78, 5) is 51.8. The number of piperazine rings is 1. The van der Waals surface area contributed by atoms with Gasteiger partial charge >= 0.3 is 12.1 Å². The number of carbonyl (C=O) groups is 3. The summed E-state index contributed by atoms with van der Waals surface area (Å²) in [5.41, 5.74) is 2.43. The fourth-order valence-electron chi connectivity index (χ4n) is 7.27. The van der Waals surface area contributed by atoms with Crippen molar-refractivity contribution in [3.63, 3.8) is 0 Å². The molecule has 3 saturated heterocycles. The number of benzene rings is 1. The first kappa shape index (κ1) is 31.2. The molecule has 0 saturated carbocycles. The van der Waals surface area contributed by atoms with Gasteiger partial charge in [-0.05, 0) is 61.9 Å². The molecular formula is C32H41ClN8O4S. The number of likely N-dealkylation sites (N-methyl/N-ethyl adjacent to an activating group) is 1. The molecule has 4 aliphatic heterocycles. The molecule has 6 heterocycles. The average molecular weight is 669 g/mol. The van der Waals surface area contributed by atoms with E-state index < -0.39 is 12.2 Å². The number of ether oxygens (including phenoxy) is 1. The van der Waals surface area contributed by atoms with Gasteiger partial charge < -0.3 is 29.7 Å². The lowest BCUT2D eigenvalue weighted by Crippen LogP contribution is -2.54. The second-order valence-electron chi connectivity index (χ2n) is 12.9. The molecule has 4 aliphatic rings. The Morgan fingerprint density at radius 1 is 1.02 bits per heavy atom. The molecule has 46 heavy (non-hydrogen) atoms. The van der Waals surface area contributed by atoms with Gasteiger partial charge in [-0.3, -0.25) is 14.8 Å². The Morgan fingerprint density at radius 3 is 2.50 bits per heavy atom. The molecule has 1 atom stereocenters. The van der Waals surface area contributed by atoms with Crippen molar-refractivity contribution in [2.45, 2.75) is 56.8 Å². The Kier molecular flexibility index (Phi) is 9.08. The Bertz CT molecular complexity index is 1570. The van der Waals surface area contributed by atoms with Crippen LogP contribution in [0, 0.1) is 0 Å². The second-order valence-corrected chi connectivity index (χ2v) is 14.3. The predicted molar refractivity (Wildman–Crippen MR) is 177 cm³/mol. The van der Waals surface area contributed by atoms with Crippen LogP contribution in [0.4, 0.5) is 15.3 Å². The highest BCUT2D eigenvalue weighted by Gasteiger charge is 2.37. The Labute approximate surface area is 277 Å². The molecule has 14 heteroatoms. The molecule has 4 amide bonds. The molecular weight excluding hydrogens is 628 g/mol. The number of anilines is 1. The van der Waals surface area contributed by atoms with Crippen LogP contribution < -0.4 is 5.32 Å². The Hall–Kier alpha value is -3.39. The summed E-state index contributed by atoms with van der Waals surface area (Å²) >= 11 is 8.17. The standard InChI is InChI=1S/C32H41ClN8O4S/c1-37-11-13-38(14-12-37)23-2-7-39(8-3-23)30(42)27(18-21-16-22-19-34-36-29(22)25(33)17-21)45-32(44)40-9-4-24(5-10-40)41-20-28-26(6-15-46-28)35-31(41)43/h6,15-17,19,23-24,27H,2-5,7-14,18,20H2,1H3,(H,34,36)(H,35,43)/t27-/m1/s1. The summed E-state index contributed by atoms with van der Waals surface area (Å²) in [6.45, 7) is 7.02. The SMILES string of the molecule is CN1CCN(C2CCN(C(=O)[C@@H](Cc3cc(Cl)c4[nH]ncc4c3)OC(=O)N3CCC(N4Cc5sccc5NC4=O)CC3)CC2)CC1. The first-order valence-corrected chi connectivity index (χ1v) is 17.5. The number of nitrogens with one attached hydrogen (secondary N) is 2. The number of carbonyl (C=O) groups excluding carboxylic acids is 3. The third-order valence-corrected chi connectivity index (χ3v) is 11.3. The van der Waals surface area contributed by atoms with Gasteiger partial charge in [0, 0.05) is 81.1 Å². The number of urea groups is 1. The minimum atomic E-state index is -0.976. The average Bonchev–Trinajstić information content (AvgIpc) is 3.74. The van der Waals surface area contributed by atoms with Gasteiger partial charge in [-0.15, -0.1) is 11.3 Å². The van der Waals surface area contributed by atoms with E-state index in [9.17, 15) is 14.4 Å². The largest absolute Gasteiger partial charge is 0.436 e. The molecule has 0 bridgehead atoms. The van der Waals surface area contributed by atoms with Gasteiger partial charge in [0.15, 0.2) is 6.10 Å². The molecule has 3 fully saturated rings. The van der Waals surface area contributed by atoms with Crippen LogP contribution in [0.25, 0.3) is 10.9 Å². The number of aromatic amines is 1. The fraction of sp³-hybridized carbons (Fsp3) is 0.562. The third-order valence-electron chi connectivity index (χ3n) is 10.1. The molecule has 2 aromatic heterocycles. The number of aromatic nitrogens is 2. The molecule has 7 rings (SSSR count). The number of hydrogen-bond acceptors (Lipinski definition) is 8. The number of thiophene rings is 1. The van der Waals surface area contributed by atoms with Crippen LogP contribution >= 0.6 is 22.9 Å². The van der Waals surface area contributed by atoms with Gasteiger partial charge in [0.2, 0.25) is 0 Å². The van der Waals surface area contributed by atoms with Crippen molar-refractivity contribution in [1.29, 1.82) is 0 Å². The van der Waals surface area contributed by atoms with Crippen molar-refractivity contribution in [3.05, 3.63) is 45.2 Å². The number of H-pyrrole nitrogens is 1. The van der Waals surface area contributed by atoms with Crippen molar-refractivity contribution in [2.75, 3.05) is 64.7 Å². The van der Waals surface area contributed by atoms with Crippen molar-refractivity contribution >= 4 is 57.6 Å². The van der Waals surface area contributed by atoms with E-state index in [1.807, 2.05) is 33.4 Å². The highest BCUT2D eigenvalue weighted by Crippen LogP contribution is 2.32. The van der Waals surface area contributed by atoms with Crippen LogP contribution in [0.15, 0.2) is 29.8 Å². The maximum Gasteiger partial charge on any atom is 0.410 e. The second kappa shape index (κ2) is 13.4. The van der Waals surface area contributed by atoms with E-state index >= 15 is 0 Å². The predicted octanol–water partition coefficient (Wildman–Crippen LogP) is 4.08. The third kappa shape index (κ3) is 6.55. The lowest BCUT2D eigenvalue weighted by Gasteiger charge is -2.42.